The van der Waals surface area contributed by atoms with Crippen LogP contribution in [0.25, 0.3) is 21.8 Å². The maximum atomic E-state index is 11.4. The fourth-order valence-corrected chi connectivity index (χ4v) is 2.33. The second-order valence-electron chi connectivity index (χ2n) is 3.89. The van der Waals surface area contributed by atoms with Gasteiger partial charge in [0.25, 0.3) is 5.56 Å². The zero-order valence-electron chi connectivity index (χ0n) is 9.70. The second kappa shape index (κ2) is 4.66. The first-order valence-corrected chi connectivity index (χ1v) is 6.39. The molecule has 0 amide bonds. The van der Waals surface area contributed by atoms with Gasteiger partial charge in [0, 0.05) is 11.8 Å². The molecule has 0 spiro atoms. The van der Waals surface area contributed by atoms with Gasteiger partial charge in [0.15, 0.2) is 5.75 Å². The summed E-state index contributed by atoms with van der Waals surface area (Å²) in [5.41, 5.74) is 3.01. The molecule has 6 heteroatoms. The van der Waals surface area contributed by atoms with Gasteiger partial charge in [-0.25, -0.2) is 4.98 Å². The predicted octanol–water partition coefficient (Wildman–Crippen LogP) is 2.27. The Morgan fingerprint density at radius 1 is 1.21 bits per heavy atom. The second-order valence-corrected chi connectivity index (χ2v) is 4.78. The van der Waals surface area contributed by atoms with Gasteiger partial charge in [-0.3, -0.25) is 9.78 Å². The van der Waals surface area contributed by atoms with Gasteiger partial charge in [0.1, 0.15) is 5.82 Å². The highest BCUT2D eigenvalue weighted by atomic mass is 32.1. The molecule has 0 aliphatic rings. The summed E-state index contributed by atoms with van der Waals surface area (Å²) in [5, 5.41) is 9.18. The van der Waals surface area contributed by atoms with Crippen molar-refractivity contribution in [2.45, 2.75) is 0 Å². The SMILES string of the molecule is O=c1[nH]c(-c2cccc(-c3cncs3)c2)ncc1O. The van der Waals surface area contributed by atoms with E-state index in [9.17, 15) is 9.90 Å². The smallest absolute Gasteiger partial charge is 0.293 e. The highest BCUT2D eigenvalue weighted by molar-refractivity contribution is 7.13. The third kappa shape index (κ3) is 2.25. The van der Waals surface area contributed by atoms with Crippen molar-refractivity contribution in [3.8, 4) is 27.6 Å². The largest absolute Gasteiger partial charge is 0.502 e. The molecule has 0 saturated heterocycles. The standard InChI is InChI=1S/C13H9N3O2S/c17-10-5-15-12(16-13(10)18)9-3-1-2-8(4-9)11-6-14-7-19-11/h1-7,17H,(H,15,16,18). The summed E-state index contributed by atoms with van der Waals surface area (Å²) in [6, 6.07) is 7.62. The molecule has 0 unspecified atom stereocenters. The number of hydrogen-bond donors (Lipinski definition) is 2. The van der Waals surface area contributed by atoms with Crippen LogP contribution in [-0.4, -0.2) is 20.1 Å². The summed E-state index contributed by atoms with van der Waals surface area (Å²) < 4.78 is 0. The van der Waals surface area contributed by atoms with Gasteiger partial charge < -0.3 is 10.1 Å². The minimum absolute atomic E-state index is 0.387. The van der Waals surface area contributed by atoms with Crippen molar-refractivity contribution in [1.82, 2.24) is 15.0 Å². The van der Waals surface area contributed by atoms with E-state index in [4.69, 9.17) is 0 Å². The Morgan fingerprint density at radius 2 is 2.05 bits per heavy atom. The van der Waals surface area contributed by atoms with Crippen LogP contribution in [0.15, 0.2) is 47.0 Å². The number of aromatic amines is 1. The van der Waals surface area contributed by atoms with E-state index >= 15 is 0 Å². The average Bonchev–Trinajstić information content (AvgIpc) is 2.96. The molecule has 0 radical (unpaired) electrons. The van der Waals surface area contributed by atoms with Crippen LogP contribution >= 0.6 is 11.3 Å². The van der Waals surface area contributed by atoms with Crippen molar-refractivity contribution in [1.29, 1.82) is 0 Å². The molecule has 3 rings (SSSR count). The van der Waals surface area contributed by atoms with Crippen LogP contribution in [0.4, 0.5) is 0 Å². The van der Waals surface area contributed by atoms with E-state index in [0.29, 0.717) is 5.82 Å². The van der Waals surface area contributed by atoms with E-state index in [0.717, 1.165) is 22.2 Å². The van der Waals surface area contributed by atoms with E-state index < -0.39 is 5.56 Å². The minimum Gasteiger partial charge on any atom is -0.502 e. The van der Waals surface area contributed by atoms with Gasteiger partial charge >= 0.3 is 0 Å². The summed E-state index contributed by atoms with van der Waals surface area (Å²) in [6.07, 6.45) is 2.93. The van der Waals surface area contributed by atoms with E-state index in [1.54, 1.807) is 23.0 Å². The Morgan fingerprint density at radius 3 is 2.79 bits per heavy atom. The maximum Gasteiger partial charge on any atom is 0.293 e. The molecule has 1 aromatic carbocycles. The quantitative estimate of drug-likeness (QED) is 0.749. The lowest BCUT2D eigenvalue weighted by Gasteiger charge is -2.03. The van der Waals surface area contributed by atoms with Gasteiger partial charge in [-0.05, 0) is 11.6 Å². The minimum atomic E-state index is -0.548. The third-order valence-electron chi connectivity index (χ3n) is 2.63. The molecule has 19 heavy (non-hydrogen) atoms. The molecule has 0 aliphatic carbocycles. The summed E-state index contributed by atoms with van der Waals surface area (Å²) in [6.45, 7) is 0. The van der Waals surface area contributed by atoms with Crippen LogP contribution in [0.3, 0.4) is 0 Å². The van der Waals surface area contributed by atoms with Crippen LogP contribution in [-0.2, 0) is 0 Å². The Bertz CT molecular complexity index is 766. The van der Waals surface area contributed by atoms with E-state index in [2.05, 4.69) is 15.0 Å². The number of thiazole rings is 1. The van der Waals surface area contributed by atoms with Gasteiger partial charge in [0.2, 0.25) is 0 Å². The number of nitrogens with zero attached hydrogens (tertiary/aromatic N) is 2. The van der Waals surface area contributed by atoms with Gasteiger partial charge in [-0.15, -0.1) is 11.3 Å². The Labute approximate surface area is 112 Å². The predicted molar refractivity (Wildman–Crippen MR) is 73.1 cm³/mol. The van der Waals surface area contributed by atoms with Crippen molar-refractivity contribution in [3.63, 3.8) is 0 Å². The van der Waals surface area contributed by atoms with Crippen LogP contribution in [0.1, 0.15) is 0 Å². The third-order valence-corrected chi connectivity index (χ3v) is 3.46. The summed E-state index contributed by atoms with van der Waals surface area (Å²) in [4.78, 5) is 23.0. The van der Waals surface area contributed by atoms with E-state index in [-0.39, 0.29) is 5.75 Å². The number of aromatic hydroxyl groups is 1. The van der Waals surface area contributed by atoms with Crippen LogP contribution in [0, 0.1) is 0 Å². The molecular formula is C13H9N3O2S. The molecule has 2 heterocycles. The number of nitrogens with one attached hydrogen (secondary N) is 1. The van der Waals surface area contributed by atoms with Crippen LogP contribution in [0.2, 0.25) is 0 Å². The molecule has 0 atom stereocenters. The zero-order valence-corrected chi connectivity index (χ0v) is 10.5. The first-order valence-electron chi connectivity index (χ1n) is 5.51. The summed E-state index contributed by atoms with van der Waals surface area (Å²) in [5.74, 6) is 0.0385. The number of aromatic nitrogens is 3. The summed E-state index contributed by atoms with van der Waals surface area (Å²) in [7, 11) is 0. The first kappa shape index (κ1) is 11.6. The van der Waals surface area contributed by atoms with Gasteiger partial charge in [-0.2, -0.15) is 0 Å². The molecule has 0 saturated carbocycles. The van der Waals surface area contributed by atoms with Crippen molar-refractivity contribution in [2.75, 3.05) is 0 Å². The lowest BCUT2D eigenvalue weighted by molar-refractivity contribution is 0.463. The monoisotopic (exact) mass is 271 g/mol. The molecule has 2 N–H and O–H groups in total. The maximum absolute atomic E-state index is 11.4. The van der Waals surface area contributed by atoms with Crippen LogP contribution in [0.5, 0.6) is 5.75 Å². The van der Waals surface area contributed by atoms with Crippen molar-refractivity contribution >= 4 is 11.3 Å². The number of H-pyrrole nitrogens is 1. The fraction of sp³-hybridized carbons (Fsp3) is 0. The fourth-order valence-electron chi connectivity index (χ4n) is 1.71. The van der Waals surface area contributed by atoms with Crippen molar-refractivity contribution in [2.24, 2.45) is 0 Å². The highest BCUT2D eigenvalue weighted by Gasteiger charge is 2.06. The van der Waals surface area contributed by atoms with E-state index in [1.807, 2.05) is 24.3 Å². The molecule has 0 aliphatic heterocycles. The Balaban J connectivity index is 2.08. The van der Waals surface area contributed by atoms with Gasteiger partial charge in [-0.1, -0.05) is 18.2 Å². The van der Waals surface area contributed by atoms with Crippen molar-refractivity contribution < 1.29 is 5.11 Å². The van der Waals surface area contributed by atoms with Crippen LogP contribution < -0.4 is 5.56 Å². The van der Waals surface area contributed by atoms with E-state index in [1.165, 1.54) is 0 Å². The lowest BCUT2D eigenvalue weighted by atomic mass is 10.1. The number of benzene rings is 1. The molecular weight excluding hydrogens is 262 g/mol. The number of rotatable bonds is 2. The molecule has 0 bridgehead atoms. The first-order chi connectivity index (χ1) is 9.24. The molecule has 94 valence electrons. The molecule has 3 aromatic rings. The van der Waals surface area contributed by atoms with Crippen molar-refractivity contribution in [3.05, 3.63) is 52.5 Å². The highest BCUT2D eigenvalue weighted by Crippen LogP contribution is 2.26. The van der Waals surface area contributed by atoms with Gasteiger partial charge in [0.05, 0.1) is 16.6 Å². The molecule has 5 nitrogen and oxygen atoms in total. The zero-order chi connectivity index (χ0) is 13.2. The lowest BCUT2D eigenvalue weighted by Crippen LogP contribution is -2.07. The normalized spacial score (nSPS) is 10.5. The summed E-state index contributed by atoms with van der Waals surface area (Å²) >= 11 is 1.54. The molecule has 2 aromatic heterocycles. The Hall–Kier alpha value is -2.47. The average molecular weight is 271 g/mol. The Kier molecular flexibility index (Phi) is 2.85. The number of hydrogen-bond acceptors (Lipinski definition) is 5. The topological polar surface area (TPSA) is 78.9 Å². The molecule has 0 fully saturated rings.